The Morgan fingerprint density at radius 2 is 2.09 bits per heavy atom. The molecule has 0 fully saturated rings. The first kappa shape index (κ1) is 26.8. The molecule has 1 N–H and O–H groups in total. The minimum atomic E-state index is -1.42. The number of aryl methyl sites for hydroxylation is 1. The zero-order valence-corrected chi connectivity index (χ0v) is 22.4. The van der Waals surface area contributed by atoms with Crippen molar-refractivity contribution < 1.29 is 23.8 Å². The fraction of sp³-hybridized carbons (Fsp3) is 0.391. The average molecular weight is 615 g/mol. The zero-order valence-electron chi connectivity index (χ0n) is 19.4. The van der Waals surface area contributed by atoms with Gasteiger partial charge in [-0.1, -0.05) is 0 Å². The maximum atomic E-state index is 14.3. The Morgan fingerprint density at radius 3 is 2.69 bits per heavy atom. The maximum absolute atomic E-state index is 14.3. The lowest BCUT2D eigenvalue weighted by Gasteiger charge is -2.32. The molecule has 2 aromatic heterocycles. The number of carboxylic acids is 1. The molecule has 0 bridgehead atoms. The number of ether oxygens (including phenoxy) is 2. The molecular weight excluding hydrogens is 592 g/mol. The average Bonchev–Trinajstić information content (AvgIpc) is 3.11. The molecule has 1 unspecified atom stereocenters. The second-order valence-electron chi connectivity index (χ2n) is 8.07. The van der Waals surface area contributed by atoms with Crippen LogP contribution < -0.4 is 16.0 Å². The van der Waals surface area contributed by atoms with E-state index in [1.54, 1.807) is 13.8 Å². The highest BCUT2D eigenvalue weighted by atomic mass is 127. The van der Waals surface area contributed by atoms with Crippen molar-refractivity contribution in [2.24, 2.45) is 0 Å². The van der Waals surface area contributed by atoms with Crippen LogP contribution in [-0.2, 0) is 21.7 Å². The van der Waals surface area contributed by atoms with E-state index in [2.05, 4.69) is 22.6 Å². The summed E-state index contributed by atoms with van der Waals surface area (Å²) in [7, 11) is 1.41. The number of carboxylic acid groups (broad SMARTS) is 1. The van der Waals surface area contributed by atoms with Crippen LogP contribution >= 0.6 is 33.9 Å². The lowest BCUT2D eigenvalue weighted by atomic mass is 9.94. The summed E-state index contributed by atoms with van der Waals surface area (Å²) >= 11 is 3.27. The second-order valence-corrected chi connectivity index (χ2v) is 10.9. The van der Waals surface area contributed by atoms with Crippen molar-refractivity contribution in [1.82, 2.24) is 9.13 Å². The normalized spacial score (nSPS) is 13.9. The molecule has 3 aromatic rings. The molecule has 186 valence electrons. The molecule has 0 spiro atoms. The molecule has 2 atom stereocenters. The number of nitrogens with zero attached hydrogens (tertiary/aromatic N) is 3. The Morgan fingerprint density at radius 1 is 1.40 bits per heavy atom. The summed E-state index contributed by atoms with van der Waals surface area (Å²) in [6.45, 7) is 4.39. The van der Waals surface area contributed by atoms with Crippen LogP contribution in [0, 0.1) is 27.0 Å². The van der Waals surface area contributed by atoms with Gasteiger partial charge in [-0.25, -0.2) is 18.5 Å². The van der Waals surface area contributed by atoms with E-state index in [1.807, 2.05) is 6.07 Å². The van der Waals surface area contributed by atoms with Crippen LogP contribution in [-0.4, -0.2) is 33.9 Å². The lowest BCUT2D eigenvalue weighted by Crippen LogP contribution is -2.46. The molecule has 1 aromatic carbocycles. The van der Waals surface area contributed by atoms with Gasteiger partial charge in [-0.2, -0.15) is 5.26 Å². The van der Waals surface area contributed by atoms with Crippen molar-refractivity contribution >= 4 is 50.1 Å². The van der Waals surface area contributed by atoms with Gasteiger partial charge in [0.1, 0.15) is 28.0 Å². The number of methoxy groups -OCH3 is 1. The Kier molecular flexibility index (Phi) is 8.03. The number of hydrogen-bond donors (Lipinski definition) is 1. The van der Waals surface area contributed by atoms with E-state index >= 15 is 0 Å². The van der Waals surface area contributed by atoms with Gasteiger partial charge in [0, 0.05) is 5.56 Å². The molecule has 0 saturated carbocycles. The Hall–Kier alpha value is -2.76. The van der Waals surface area contributed by atoms with Gasteiger partial charge in [-0.15, -0.1) is 11.3 Å². The number of benzene rings is 1. The highest BCUT2D eigenvalue weighted by molar-refractivity contribution is 14.1. The Labute approximate surface area is 217 Å². The molecule has 35 heavy (non-hydrogen) atoms. The van der Waals surface area contributed by atoms with Crippen molar-refractivity contribution in [2.45, 2.75) is 45.4 Å². The molecular formula is C23H23FIN3O6S. The smallest absolute Gasteiger partial charge is 0.333 e. The number of nitriles is 1. The van der Waals surface area contributed by atoms with Crippen LogP contribution in [0.5, 0.6) is 5.75 Å². The molecule has 9 nitrogen and oxygen atoms in total. The van der Waals surface area contributed by atoms with Crippen LogP contribution in [0.4, 0.5) is 4.39 Å². The van der Waals surface area contributed by atoms with Gasteiger partial charge in [0.15, 0.2) is 0 Å². The van der Waals surface area contributed by atoms with E-state index < -0.39 is 34.7 Å². The summed E-state index contributed by atoms with van der Waals surface area (Å²) in [6.07, 6.45) is 0.0447. The molecule has 0 saturated heterocycles. The van der Waals surface area contributed by atoms with Gasteiger partial charge >= 0.3 is 11.7 Å². The van der Waals surface area contributed by atoms with E-state index in [0.29, 0.717) is 26.3 Å². The molecule has 0 radical (unpaired) electrons. The molecule has 0 amide bonds. The third-order valence-electron chi connectivity index (χ3n) is 5.76. The monoisotopic (exact) mass is 615 g/mol. The van der Waals surface area contributed by atoms with E-state index in [0.717, 1.165) is 2.88 Å². The Balaban J connectivity index is 2.36. The van der Waals surface area contributed by atoms with Crippen molar-refractivity contribution in [2.75, 3.05) is 13.7 Å². The van der Waals surface area contributed by atoms with Gasteiger partial charge in [0.25, 0.3) is 5.56 Å². The molecule has 3 rings (SSSR count). The fourth-order valence-corrected chi connectivity index (χ4v) is 5.77. The third-order valence-corrected chi connectivity index (χ3v) is 8.33. The third kappa shape index (κ3) is 4.98. The predicted octanol–water partition coefficient (Wildman–Crippen LogP) is 3.78. The quantitative estimate of drug-likeness (QED) is 0.287. The van der Waals surface area contributed by atoms with Crippen LogP contribution in [0.15, 0.2) is 27.8 Å². The number of halogens is 2. The van der Waals surface area contributed by atoms with Crippen LogP contribution in [0.3, 0.4) is 0 Å². The van der Waals surface area contributed by atoms with E-state index in [1.165, 1.54) is 48.1 Å². The minimum Gasteiger partial charge on any atom is -0.496 e. The minimum absolute atomic E-state index is 0.0171. The first-order valence-corrected chi connectivity index (χ1v) is 12.4. The standard InChI is InChI=1S/C23H23FIN3O6S/c1-12-17-19(29)28(13(2)21(30)31)22(32)27(20(17)35-18(12)25)11-23(3,34-9-5-8-26)15-10-14(24)6-7-16(15)33-4/h6-7,10,13H,5,9,11H2,1-4H3,(H,30,31)/t13?,23-/m1/s1. The van der Waals surface area contributed by atoms with Gasteiger partial charge in [-0.05, 0) is 67.1 Å². The summed E-state index contributed by atoms with van der Waals surface area (Å²) in [4.78, 5) is 38.9. The number of aliphatic carboxylic acids is 1. The highest BCUT2D eigenvalue weighted by Gasteiger charge is 2.35. The highest BCUT2D eigenvalue weighted by Crippen LogP contribution is 2.37. The molecule has 0 aliphatic rings. The second kappa shape index (κ2) is 10.5. The molecule has 2 heterocycles. The molecule has 12 heteroatoms. The van der Waals surface area contributed by atoms with E-state index in [4.69, 9.17) is 14.7 Å². The van der Waals surface area contributed by atoms with E-state index in [9.17, 15) is 23.9 Å². The summed E-state index contributed by atoms with van der Waals surface area (Å²) < 4.78 is 28.5. The Bertz CT molecular complexity index is 1460. The van der Waals surface area contributed by atoms with Crippen molar-refractivity contribution in [3.63, 3.8) is 0 Å². The largest absolute Gasteiger partial charge is 0.496 e. The van der Waals surface area contributed by atoms with Crippen molar-refractivity contribution in [3.8, 4) is 11.8 Å². The number of fused-ring (bicyclic) bond motifs is 1. The fourth-order valence-electron chi connectivity index (χ4n) is 3.85. The predicted molar refractivity (Wildman–Crippen MR) is 137 cm³/mol. The first-order valence-electron chi connectivity index (χ1n) is 10.5. The van der Waals surface area contributed by atoms with Gasteiger partial charge in [0.2, 0.25) is 0 Å². The van der Waals surface area contributed by atoms with Gasteiger partial charge < -0.3 is 14.6 Å². The number of rotatable bonds is 9. The summed E-state index contributed by atoms with van der Waals surface area (Å²) in [5, 5.41) is 18.8. The topological polar surface area (TPSA) is 124 Å². The first-order chi connectivity index (χ1) is 16.5. The number of aromatic nitrogens is 2. The summed E-state index contributed by atoms with van der Waals surface area (Å²) in [5.41, 5.74) is -1.97. The maximum Gasteiger partial charge on any atom is 0.333 e. The van der Waals surface area contributed by atoms with Gasteiger partial charge in [0.05, 0.1) is 41.0 Å². The van der Waals surface area contributed by atoms with Crippen molar-refractivity contribution in [1.29, 1.82) is 5.26 Å². The number of carbonyl (C=O) groups is 1. The zero-order chi connectivity index (χ0) is 26.1. The molecule has 0 aliphatic heterocycles. The van der Waals surface area contributed by atoms with Crippen LogP contribution in [0.25, 0.3) is 10.2 Å². The number of hydrogen-bond acceptors (Lipinski definition) is 7. The summed E-state index contributed by atoms with van der Waals surface area (Å²) in [6, 6.07) is 4.45. The number of thiophene rings is 1. The van der Waals surface area contributed by atoms with Crippen molar-refractivity contribution in [3.05, 3.63) is 58.9 Å². The summed E-state index contributed by atoms with van der Waals surface area (Å²) in [5.74, 6) is -1.59. The SMILES string of the molecule is COc1ccc(F)cc1[C@@](C)(Cn1c(=O)n(C(C)C(=O)O)c(=O)c2c(C)c(I)sc21)OCCC#N. The van der Waals surface area contributed by atoms with Crippen LogP contribution in [0.2, 0.25) is 0 Å². The van der Waals surface area contributed by atoms with E-state index in [-0.39, 0.29) is 25.0 Å². The van der Waals surface area contributed by atoms with Gasteiger partial charge in [-0.3, -0.25) is 9.36 Å². The molecule has 0 aliphatic carbocycles. The lowest BCUT2D eigenvalue weighted by molar-refractivity contribution is -0.140. The van der Waals surface area contributed by atoms with Crippen LogP contribution in [0.1, 0.15) is 37.4 Å².